The highest BCUT2D eigenvalue weighted by molar-refractivity contribution is 7.89. The van der Waals surface area contributed by atoms with Crippen LogP contribution in [0.1, 0.15) is 33.8 Å². The standard InChI is InChI=1S/C16H17N3O5S/c20-15(17-18-16(21)14-4-3-11-24-14)12-5-7-13(8-6-12)25(22,23)19-9-1-2-10-19/h3-8,11H,1-2,9-10H2,(H,17,20)(H,18,21). The summed E-state index contributed by atoms with van der Waals surface area (Å²) in [5, 5.41) is 0. The van der Waals surface area contributed by atoms with Crippen molar-refractivity contribution in [3.8, 4) is 0 Å². The molecule has 1 aliphatic heterocycles. The van der Waals surface area contributed by atoms with Gasteiger partial charge < -0.3 is 4.42 Å². The summed E-state index contributed by atoms with van der Waals surface area (Å²) in [5.74, 6) is -1.09. The van der Waals surface area contributed by atoms with Crippen molar-refractivity contribution in [2.45, 2.75) is 17.7 Å². The van der Waals surface area contributed by atoms with Gasteiger partial charge >= 0.3 is 5.91 Å². The normalized spacial score (nSPS) is 15.0. The maximum absolute atomic E-state index is 12.4. The van der Waals surface area contributed by atoms with Crippen LogP contribution in [0.3, 0.4) is 0 Å². The van der Waals surface area contributed by atoms with Crippen molar-refractivity contribution in [1.82, 2.24) is 15.2 Å². The highest BCUT2D eigenvalue weighted by Gasteiger charge is 2.27. The first kappa shape index (κ1) is 17.2. The number of furan rings is 1. The molecule has 0 spiro atoms. The second-order valence-corrected chi connectivity index (χ2v) is 7.46. The molecule has 8 nitrogen and oxygen atoms in total. The molecule has 9 heteroatoms. The fourth-order valence-corrected chi connectivity index (χ4v) is 4.03. The van der Waals surface area contributed by atoms with Gasteiger partial charge in [0.25, 0.3) is 5.91 Å². The van der Waals surface area contributed by atoms with Crippen LogP contribution in [0.15, 0.2) is 52.0 Å². The average molecular weight is 363 g/mol. The molecule has 1 fully saturated rings. The van der Waals surface area contributed by atoms with Crippen molar-refractivity contribution < 1.29 is 22.4 Å². The van der Waals surface area contributed by atoms with Crippen molar-refractivity contribution in [1.29, 1.82) is 0 Å². The van der Waals surface area contributed by atoms with E-state index >= 15 is 0 Å². The van der Waals surface area contributed by atoms with Gasteiger partial charge in [0.2, 0.25) is 10.0 Å². The highest BCUT2D eigenvalue weighted by Crippen LogP contribution is 2.21. The summed E-state index contributed by atoms with van der Waals surface area (Å²) in [6.07, 6.45) is 3.06. The summed E-state index contributed by atoms with van der Waals surface area (Å²) in [6, 6.07) is 8.58. The molecule has 3 rings (SSSR count). The van der Waals surface area contributed by atoms with E-state index in [-0.39, 0.29) is 16.2 Å². The Hall–Kier alpha value is -2.65. The third-order valence-corrected chi connectivity index (χ3v) is 5.77. The SMILES string of the molecule is O=C(NNC(=O)c1ccco1)c1ccc(S(=O)(=O)N2CCCC2)cc1. The summed E-state index contributed by atoms with van der Waals surface area (Å²) in [4.78, 5) is 23.8. The number of sulfonamides is 1. The molecule has 1 aromatic carbocycles. The minimum absolute atomic E-state index is 0.0624. The first-order chi connectivity index (χ1) is 12.0. The number of hydrogen-bond acceptors (Lipinski definition) is 5. The number of carbonyl (C=O) groups is 2. The Balaban J connectivity index is 1.63. The molecule has 0 atom stereocenters. The molecule has 132 valence electrons. The van der Waals surface area contributed by atoms with Crippen molar-refractivity contribution in [3.05, 3.63) is 54.0 Å². The van der Waals surface area contributed by atoms with E-state index in [9.17, 15) is 18.0 Å². The molecule has 2 aromatic rings. The summed E-state index contributed by atoms with van der Waals surface area (Å²) in [5.41, 5.74) is 4.68. The lowest BCUT2D eigenvalue weighted by Crippen LogP contribution is -2.41. The van der Waals surface area contributed by atoms with E-state index in [0.717, 1.165) is 12.8 Å². The molecule has 2 amide bonds. The lowest BCUT2D eigenvalue weighted by molar-refractivity contribution is 0.0831. The second kappa shape index (κ2) is 7.08. The lowest BCUT2D eigenvalue weighted by Gasteiger charge is -2.15. The number of nitrogens with one attached hydrogen (secondary N) is 2. The third kappa shape index (κ3) is 3.72. The van der Waals surface area contributed by atoms with E-state index in [1.165, 1.54) is 40.9 Å². The van der Waals surface area contributed by atoms with Crippen molar-refractivity contribution >= 4 is 21.8 Å². The Morgan fingerprint density at radius 1 is 0.960 bits per heavy atom. The van der Waals surface area contributed by atoms with Crippen LogP contribution in [-0.4, -0.2) is 37.6 Å². The van der Waals surface area contributed by atoms with Gasteiger partial charge in [0, 0.05) is 18.7 Å². The van der Waals surface area contributed by atoms with E-state index in [1.54, 1.807) is 6.07 Å². The molecule has 2 N–H and O–H groups in total. The molecule has 2 heterocycles. The molecule has 0 bridgehead atoms. The predicted octanol–water partition coefficient (Wildman–Crippen LogP) is 1.14. The van der Waals surface area contributed by atoms with Crippen LogP contribution in [0.2, 0.25) is 0 Å². The summed E-state index contributed by atoms with van der Waals surface area (Å²) >= 11 is 0. The molecule has 1 aromatic heterocycles. The zero-order valence-electron chi connectivity index (χ0n) is 13.3. The van der Waals surface area contributed by atoms with E-state index < -0.39 is 21.8 Å². The van der Waals surface area contributed by atoms with E-state index in [2.05, 4.69) is 10.9 Å². The van der Waals surface area contributed by atoms with Crippen molar-refractivity contribution in [3.63, 3.8) is 0 Å². The van der Waals surface area contributed by atoms with E-state index in [0.29, 0.717) is 13.1 Å². The zero-order valence-corrected chi connectivity index (χ0v) is 14.1. The van der Waals surface area contributed by atoms with Gasteiger partial charge in [-0.1, -0.05) is 0 Å². The van der Waals surface area contributed by atoms with Gasteiger partial charge in [0.05, 0.1) is 11.2 Å². The molecule has 0 saturated carbocycles. The number of hydrogen-bond donors (Lipinski definition) is 2. The molecule has 0 radical (unpaired) electrons. The van der Waals surface area contributed by atoms with Crippen LogP contribution in [0.25, 0.3) is 0 Å². The Bertz CT molecular complexity index is 854. The maximum atomic E-state index is 12.4. The fourth-order valence-electron chi connectivity index (χ4n) is 2.51. The maximum Gasteiger partial charge on any atom is 0.305 e. The molecular weight excluding hydrogens is 346 g/mol. The van der Waals surface area contributed by atoms with Crippen LogP contribution < -0.4 is 10.9 Å². The predicted molar refractivity (Wildman–Crippen MR) is 88.1 cm³/mol. The topological polar surface area (TPSA) is 109 Å². The van der Waals surface area contributed by atoms with Gasteiger partial charge in [0.1, 0.15) is 0 Å². The minimum Gasteiger partial charge on any atom is -0.459 e. The van der Waals surface area contributed by atoms with Gasteiger partial charge in [-0.2, -0.15) is 4.31 Å². The Labute approximate surface area is 144 Å². The van der Waals surface area contributed by atoms with Gasteiger partial charge in [-0.25, -0.2) is 8.42 Å². The van der Waals surface area contributed by atoms with Crippen LogP contribution in [0.5, 0.6) is 0 Å². The number of nitrogens with zero attached hydrogens (tertiary/aromatic N) is 1. The lowest BCUT2D eigenvalue weighted by atomic mass is 10.2. The van der Waals surface area contributed by atoms with Crippen molar-refractivity contribution in [2.75, 3.05) is 13.1 Å². The largest absolute Gasteiger partial charge is 0.459 e. The molecular formula is C16H17N3O5S. The van der Waals surface area contributed by atoms with Crippen LogP contribution in [0.4, 0.5) is 0 Å². The molecule has 25 heavy (non-hydrogen) atoms. The zero-order chi connectivity index (χ0) is 17.9. The molecule has 0 unspecified atom stereocenters. The number of rotatable bonds is 4. The minimum atomic E-state index is -3.52. The Morgan fingerprint density at radius 3 is 2.20 bits per heavy atom. The first-order valence-corrected chi connectivity index (χ1v) is 9.17. The van der Waals surface area contributed by atoms with Gasteiger partial charge in [-0.15, -0.1) is 0 Å². The van der Waals surface area contributed by atoms with E-state index in [1.807, 2.05) is 0 Å². The Morgan fingerprint density at radius 2 is 1.60 bits per heavy atom. The quantitative estimate of drug-likeness (QED) is 0.792. The number of hydrazine groups is 1. The first-order valence-electron chi connectivity index (χ1n) is 7.73. The smallest absolute Gasteiger partial charge is 0.305 e. The average Bonchev–Trinajstić information content (AvgIpc) is 3.33. The fraction of sp³-hybridized carbons (Fsp3) is 0.250. The summed E-state index contributed by atoms with van der Waals surface area (Å²) < 4.78 is 31.2. The summed E-state index contributed by atoms with van der Waals surface area (Å²) in [6.45, 7) is 1.03. The van der Waals surface area contributed by atoms with Gasteiger partial charge in [-0.3, -0.25) is 20.4 Å². The second-order valence-electron chi connectivity index (χ2n) is 5.52. The van der Waals surface area contributed by atoms with Crippen LogP contribution in [-0.2, 0) is 10.0 Å². The summed E-state index contributed by atoms with van der Waals surface area (Å²) in [7, 11) is -3.52. The monoisotopic (exact) mass is 363 g/mol. The van der Waals surface area contributed by atoms with E-state index in [4.69, 9.17) is 4.42 Å². The number of amides is 2. The number of carbonyl (C=O) groups excluding carboxylic acids is 2. The van der Waals surface area contributed by atoms with Gasteiger partial charge in [0.15, 0.2) is 5.76 Å². The molecule has 1 aliphatic rings. The van der Waals surface area contributed by atoms with Crippen LogP contribution in [0, 0.1) is 0 Å². The number of benzene rings is 1. The van der Waals surface area contributed by atoms with Crippen molar-refractivity contribution in [2.24, 2.45) is 0 Å². The van der Waals surface area contributed by atoms with Gasteiger partial charge in [-0.05, 0) is 49.2 Å². The van der Waals surface area contributed by atoms with Crippen LogP contribution >= 0.6 is 0 Å². The highest BCUT2D eigenvalue weighted by atomic mass is 32.2. The molecule has 1 saturated heterocycles. The third-order valence-electron chi connectivity index (χ3n) is 3.85. The molecule has 0 aliphatic carbocycles. The Kier molecular flexibility index (Phi) is 4.86.